The van der Waals surface area contributed by atoms with Gasteiger partial charge in [-0.05, 0) is 25.1 Å². The molecule has 1 unspecified atom stereocenters. The van der Waals surface area contributed by atoms with Gasteiger partial charge in [-0.2, -0.15) is 18.3 Å². The quantitative estimate of drug-likeness (QED) is 0.669. The van der Waals surface area contributed by atoms with Crippen molar-refractivity contribution in [2.75, 3.05) is 5.32 Å². The summed E-state index contributed by atoms with van der Waals surface area (Å²) < 4.78 is 64.9. The lowest BCUT2D eigenvalue weighted by Gasteiger charge is -2.14. The third-order valence-corrected chi connectivity index (χ3v) is 3.14. The molecule has 0 aliphatic heterocycles. The summed E-state index contributed by atoms with van der Waals surface area (Å²) in [6.07, 6.45) is -3.69. The lowest BCUT2D eigenvalue weighted by atomic mass is 10.2. The Morgan fingerprint density at radius 3 is 2.57 bits per heavy atom. The van der Waals surface area contributed by atoms with Crippen LogP contribution in [0.25, 0.3) is 0 Å². The molecule has 0 aliphatic rings. The first kappa shape index (κ1) is 17.2. The highest BCUT2D eigenvalue weighted by Gasteiger charge is 2.34. The molecule has 0 spiro atoms. The smallest absolute Gasteiger partial charge is 0.322 e. The molecule has 1 amide bonds. The highest BCUT2D eigenvalue weighted by atomic mass is 35.5. The number of nitrogens with zero attached hydrogens (tertiary/aromatic N) is 2. The minimum absolute atomic E-state index is 0.148. The summed E-state index contributed by atoms with van der Waals surface area (Å²) in [6, 6.07) is 1.21. The summed E-state index contributed by atoms with van der Waals surface area (Å²) in [5.41, 5.74) is -1.69. The van der Waals surface area contributed by atoms with Crippen LogP contribution in [0, 0.1) is 11.6 Å². The number of hydrogen-bond acceptors (Lipinski definition) is 2. The van der Waals surface area contributed by atoms with Crippen LogP contribution in [0.1, 0.15) is 18.7 Å². The van der Waals surface area contributed by atoms with Crippen LogP contribution in [-0.2, 0) is 11.0 Å². The maximum absolute atomic E-state index is 13.5. The average molecular weight is 354 g/mol. The number of nitrogens with one attached hydrogen (secondary N) is 1. The number of aromatic nitrogens is 2. The number of halogens is 6. The van der Waals surface area contributed by atoms with E-state index >= 15 is 0 Å². The molecular weight excluding hydrogens is 345 g/mol. The molecule has 23 heavy (non-hydrogen) atoms. The zero-order valence-corrected chi connectivity index (χ0v) is 12.2. The second-order valence-electron chi connectivity index (χ2n) is 4.59. The van der Waals surface area contributed by atoms with Gasteiger partial charge in [0.1, 0.15) is 6.04 Å². The maximum atomic E-state index is 13.5. The maximum Gasteiger partial charge on any atom is 0.435 e. The van der Waals surface area contributed by atoms with Crippen LogP contribution in [0.15, 0.2) is 24.4 Å². The van der Waals surface area contributed by atoms with E-state index in [9.17, 15) is 26.7 Å². The van der Waals surface area contributed by atoms with Crippen LogP contribution in [-0.4, -0.2) is 15.7 Å². The first-order chi connectivity index (χ1) is 10.6. The van der Waals surface area contributed by atoms with Gasteiger partial charge >= 0.3 is 6.18 Å². The fraction of sp³-hybridized carbons (Fsp3) is 0.231. The van der Waals surface area contributed by atoms with Crippen molar-refractivity contribution in [2.24, 2.45) is 0 Å². The minimum atomic E-state index is -4.65. The summed E-state index contributed by atoms with van der Waals surface area (Å²) in [5, 5.41) is 5.15. The summed E-state index contributed by atoms with van der Waals surface area (Å²) in [6.45, 7) is 1.25. The average Bonchev–Trinajstić information content (AvgIpc) is 2.93. The van der Waals surface area contributed by atoms with Crippen molar-refractivity contribution in [3.63, 3.8) is 0 Å². The topological polar surface area (TPSA) is 46.9 Å². The van der Waals surface area contributed by atoms with Crippen LogP contribution in [0.4, 0.5) is 27.6 Å². The molecule has 0 aliphatic carbocycles. The predicted octanol–water partition coefficient (Wildman–Crippen LogP) is 4.03. The van der Waals surface area contributed by atoms with Crippen molar-refractivity contribution in [1.82, 2.24) is 9.78 Å². The Kier molecular flexibility index (Phi) is 4.60. The number of hydrogen-bond donors (Lipinski definition) is 1. The van der Waals surface area contributed by atoms with Gasteiger partial charge in [0.05, 0.1) is 5.69 Å². The number of benzene rings is 1. The summed E-state index contributed by atoms with van der Waals surface area (Å²) in [7, 11) is 0. The van der Waals surface area contributed by atoms with E-state index in [0.717, 1.165) is 23.0 Å². The van der Waals surface area contributed by atoms with Crippen molar-refractivity contribution in [1.29, 1.82) is 0 Å². The molecule has 2 rings (SSSR count). The van der Waals surface area contributed by atoms with Gasteiger partial charge in [-0.15, -0.1) is 0 Å². The Balaban J connectivity index is 2.19. The zero-order chi connectivity index (χ0) is 17.4. The number of carbonyl (C=O) groups is 1. The van der Waals surface area contributed by atoms with Gasteiger partial charge in [0.25, 0.3) is 0 Å². The molecule has 2 aromatic rings. The molecule has 0 saturated carbocycles. The van der Waals surface area contributed by atoms with E-state index in [0.29, 0.717) is 6.07 Å². The number of alkyl halides is 3. The number of anilines is 1. The van der Waals surface area contributed by atoms with Gasteiger partial charge in [0.15, 0.2) is 17.3 Å². The van der Waals surface area contributed by atoms with Crippen molar-refractivity contribution < 1.29 is 26.7 Å². The van der Waals surface area contributed by atoms with Crippen LogP contribution in [0.3, 0.4) is 0 Å². The predicted molar refractivity (Wildman–Crippen MR) is 71.9 cm³/mol. The van der Waals surface area contributed by atoms with E-state index in [2.05, 4.69) is 10.4 Å². The highest BCUT2D eigenvalue weighted by Crippen LogP contribution is 2.28. The van der Waals surface area contributed by atoms with Gasteiger partial charge in [0, 0.05) is 11.2 Å². The summed E-state index contributed by atoms with van der Waals surface area (Å²) in [5.74, 6) is -3.48. The van der Waals surface area contributed by atoms with E-state index in [1.165, 1.54) is 6.92 Å². The second-order valence-corrected chi connectivity index (χ2v) is 5.03. The largest absolute Gasteiger partial charge is 0.435 e. The van der Waals surface area contributed by atoms with Gasteiger partial charge in [-0.1, -0.05) is 11.6 Å². The standard InChI is InChI=1S/C13H9ClF5N3O/c1-6(22-3-2-10(21-22)13(17,18)19)12(23)20-9-5-7(14)4-8(15)11(9)16/h2-6H,1H3,(H,20,23). The molecule has 4 nitrogen and oxygen atoms in total. The van der Waals surface area contributed by atoms with Crippen LogP contribution < -0.4 is 5.32 Å². The highest BCUT2D eigenvalue weighted by molar-refractivity contribution is 6.30. The van der Waals surface area contributed by atoms with Crippen LogP contribution >= 0.6 is 11.6 Å². The summed E-state index contributed by atoms with van der Waals surface area (Å²) >= 11 is 5.56. The van der Waals surface area contributed by atoms with Crippen molar-refractivity contribution >= 4 is 23.2 Å². The number of rotatable bonds is 3. The fourth-order valence-corrected chi connectivity index (χ4v) is 1.91. The molecule has 124 valence electrons. The molecule has 0 saturated heterocycles. The molecule has 1 aromatic carbocycles. The molecule has 1 atom stereocenters. The van der Waals surface area contributed by atoms with Crippen molar-refractivity contribution in [3.05, 3.63) is 46.7 Å². The molecule has 0 bridgehead atoms. The van der Waals surface area contributed by atoms with E-state index in [-0.39, 0.29) is 5.02 Å². The lowest BCUT2D eigenvalue weighted by Crippen LogP contribution is -2.25. The van der Waals surface area contributed by atoms with Crippen LogP contribution in [0.5, 0.6) is 0 Å². The Hall–Kier alpha value is -2.16. The fourth-order valence-electron chi connectivity index (χ4n) is 1.71. The van der Waals surface area contributed by atoms with Gasteiger partial charge in [0.2, 0.25) is 5.91 Å². The van der Waals surface area contributed by atoms with E-state index in [1.807, 2.05) is 0 Å². The monoisotopic (exact) mass is 353 g/mol. The van der Waals surface area contributed by atoms with Crippen molar-refractivity contribution in [3.8, 4) is 0 Å². The second kappa shape index (κ2) is 6.15. The van der Waals surface area contributed by atoms with Gasteiger partial charge in [-0.25, -0.2) is 8.78 Å². The molecule has 0 radical (unpaired) electrons. The normalized spacial score (nSPS) is 13.0. The van der Waals surface area contributed by atoms with Crippen LogP contribution in [0.2, 0.25) is 5.02 Å². The third-order valence-electron chi connectivity index (χ3n) is 2.93. The third kappa shape index (κ3) is 3.79. The lowest BCUT2D eigenvalue weighted by molar-refractivity contribution is -0.141. The first-order valence-electron chi connectivity index (χ1n) is 6.17. The van der Waals surface area contributed by atoms with Gasteiger partial charge < -0.3 is 5.32 Å². The molecule has 1 aromatic heterocycles. The van der Waals surface area contributed by atoms with Crippen molar-refractivity contribution in [2.45, 2.75) is 19.1 Å². The van der Waals surface area contributed by atoms with E-state index in [1.54, 1.807) is 0 Å². The molecular formula is C13H9ClF5N3O. The summed E-state index contributed by atoms with van der Waals surface area (Å²) in [4.78, 5) is 12.0. The molecule has 0 fully saturated rings. The molecule has 1 heterocycles. The SMILES string of the molecule is CC(C(=O)Nc1cc(Cl)cc(F)c1F)n1ccc(C(F)(F)F)n1. The van der Waals surface area contributed by atoms with E-state index in [4.69, 9.17) is 11.6 Å². The zero-order valence-electron chi connectivity index (χ0n) is 11.5. The van der Waals surface area contributed by atoms with E-state index < -0.39 is 41.1 Å². The number of amides is 1. The Morgan fingerprint density at radius 2 is 2.00 bits per heavy atom. The molecule has 1 N–H and O–H groups in total. The number of carbonyl (C=O) groups excluding carboxylic acids is 1. The first-order valence-corrected chi connectivity index (χ1v) is 6.55. The molecule has 10 heteroatoms. The Morgan fingerprint density at radius 1 is 1.35 bits per heavy atom. The van der Waals surface area contributed by atoms with Gasteiger partial charge in [-0.3, -0.25) is 9.48 Å². The Bertz CT molecular complexity index is 744. The Labute approximate surface area is 131 Å². The minimum Gasteiger partial charge on any atom is -0.322 e.